The fourth-order valence-corrected chi connectivity index (χ4v) is 2.85. The van der Waals surface area contributed by atoms with Crippen molar-refractivity contribution in [2.45, 2.75) is 115 Å². The second-order valence-electron chi connectivity index (χ2n) is 7.59. The van der Waals surface area contributed by atoms with E-state index in [1.807, 2.05) is 0 Å². The van der Waals surface area contributed by atoms with Crippen LogP contribution in [0.15, 0.2) is 0 Å². The summed E-state index contributed by atoms with van der Waals surface area (Å²) in [6.45, 7) is 3.19. The Kier molecular flexibility index (Phi) is 15.7. The van der Waals surface area contributed by atoms with Crippen LogP contribution in [0.25, 0.3) is 0 Å². The van der Waals surface area contributed by atoms with Gasteiger partial charge in [0.1, 0.15) is 12.2 Å². The van der Waals surface area contributed by atoms with E-state index in [1.54, 1.807) is 0 Å². The Morgan fingerprint density at radius 2 is 1.17 bits per heavy atom. The number of carbonyl (C=O) groups excluding carboxylic acids is 2. The number of unbranched alkanes of at least 4 members (excludes halogenated alkanes) is 8. The lowest BCUT2D eigenvalue weighted by Gasteiger charge is -2.34. The lowest BCUT2D eigenvalue weighted by Crippen LogP contribution is -2.58. The number of rotatable bonds is 18. The SMILES string of the molecule is CCCCCCCC(=O)OC(O)(OC(=O)CCCCCCC)[C@@H](O)[C@H](O)[C@H](O)CO. The van der Waals surface area contributed by atoms with Crippen LogP contribution in [0.1, 0.15) is 90.9 Å². The van der Waals surface area contributed by atoms with Crippen molar-refractivity contribution in [2.75, 3.05) is 6.61 Å². The summed E-state index contributed by atoms with van der Waals surface area (Å²) in [5, 5.41) is 49.1. The first-order chi connectivity index (χ1) is 14.2. The molecule has 0 amide bonds. The Hall–Kier alpha value is -1.26. The van der Waals surface area contributed by atoms with Gasteiger partial charge < -0.3 is 35.0 Å². The highest BCUT2D eigenvalue weighted by molar-refractivity contribution is 5.71. The average Bonchev–Trinajstić information content (AvgIpc) is 2.71. The maximum Gasteiger partial charge on any atom is 0.403 e. The minimum absolute atomic E-state index is 0.0774. The van der Waals surface area contributed by atoms with Crippen molar-refractivity contribution in [1.29, 1.82) is 0 Å². The molecular formula is C21H40O9. The van der Waals surface area contributed by atoms with Gasteiger partial charge in [0.25, 0.3) is 0 Å². The van der Waals surface area contributed by atoms with Crippen LogP contribution in [0.4, 0.5) is 0 Å². The van der Waals surface area contributed by atoms with Gasteiger partial charge in [-0.25, -0.2) is 0 Å². The van der Waals surface area contributed by atoms with E-state index in [2.05, 4.69) is 13.8 Å². The van der Waals surface area contributed by atoms with Crippen LogP contribution in [-0.2, 0) is 19.1 Å². The van der Waals surface area contributed by atoms with Crippen LogP contribution < -0.4 is 0 Å². The van der Waals surface area contributed by atoms with E-state index in [4.69, 9.17) is 14.6 Å². The third kappa shape index (κ3) is 11.8. The molecule has 0 radical (unpaired) electrons. The molecule has 0 saturated heterocycles. The van der Waals surface area contributed by atoms with Gasteiger partial charge in [-0.1, -0.05) is 65.2 Å². The van der Waals surface area contributed by atoms with E-state index in [9.17, 15) is 30.0 Å². The Labute approximate surface area is 179 Å². The van der Waals surface area contributed by atoms with Crippen LogP contribution in [0.3, 0.4) is 0 Å². The molecule has 0 bridgehead atoms. The maximum absolute atomic E-state index is 12.1. The van der Waals surface area contributed by atoms with E-state index >= 15 is 0 Å². The van der Waals surface area contributed by atoms with E-state index in [0.717, 1.165) is 51.4 Å². The largest absolute Gasteiger partial charge is 0.403 e. The summed E-state index contributed by atoms with van der Waals surface area (Å²) >= 11 is 0. The molecule has 0 aromatic heterocycles. The first kappa shape index (κ1) is 28.7. The molecule has 30 heavy (non-hydrogen) atoms. The molecule has 0 aliphatic heterocycles. The third-order valence-corrected chi connectivity index (χ3v) is 4.77. The molecule has 0 aromatic rings. The van der Waals surface area contributed by atoms with E-state index in [1.165, 1.54) is 0 Å². The topological polar surface area (TPSA) is 154 Å². The number of ether oxygens (including phenoxy) is 2. The highest BCUT2D eigenvalue weighted by Gasteiger charge is 2.50. The van der Waals surface area contributed by atoms with Gasteiger partial charge in [0.2, 0.25) is 0 Å². The smallest absolute Gasteiger partial charge is 0.396 e. The zero-order valence-electron chi connectivity index (χ0n) is 18.3. The molecule has 5 N–H and O–H groups in total. The van der Waals surface area contributed by atoms with E-state index in [-0.39, 0.29) is 12.8 Å². The van der Waals surface area contributed by atoms with Crippen molar-refractivity contribution in [3.05, 3.63) is 0 Å². The molecular weight excluding hydrogens is 396 g/mol. The molecule has 9 nitrogen and oxygen atoms in total. The summed E-state index contributed by atoms with van der Waals surface area (Å²) in [4.78, 5) is 24.2. The zero-order valence-corrected chi connectivity index (χ0v) is 18.3. The Morgan fingerprint density at radius 3 is 1.53 bits per heavy atom. The first-order valence-electron chi connectivity index (χ1n) is 11.0. The van der Waals surface area contributed by atoms with Crippen LogP contribution in [0.5, 0.6) is 0 Å². The second kappa shape index (κ2) is 16.4. The molecule has 0 unspecified atom stereocenters. The Morgan fingerprint density at radius 1 is 0.767 bits per heavy atom. The first-order valence-corrected chi connectivity index (χ1v) is 11.0. The van der Waals surface area contributed by atoms with Crippen LogP contribution in [0.2, 0.25) is 0 Å². The molecule has 9 heteroatoms. The second-order valence-corrected chi connectivity index (χ2v) is 7.59. The Bertz CT molecular complexity index is 441. The molecule has 3 atom stereocenters. The molecule has 178 valence electrons. The summed E-state index contributed by atoms with van der Waals surface area (Å²) < 4.78 is 9.62. The number of aliphatic hydroxyl groups is 5. The summed E-state index contributed by atoms with van der Waals surface area (Å²) in [6, 6.07) is 0. The normalized spacial score (nSPS) is 14.8. The number of hydrogen-bond acceptors (Lipinski definition) is 9. The maximum atomic E-state index is 12.1. The van der Waals surface area contributed by atoms with Gasteiger partial charge in [-0.2, -0.15) is 0 Å². The number of esters is 2. The van der Waals surface area contributed by atoms with Gasteiger partial charge in [0, 0.05) is 12.8 Å². The molecule has 0 fully saturated rings. The fraction of sp³-hybridized carbons (Fsp3) is 0.905. The summed E-state index contributed by atoms with van der Waals surface area (Å²) in [5.74, 6) is -5.01. The molecule has 0 spiro atoms. The Balaban J connectivity index is 4.94. The third-order valence-electron chi connectivity index (χ3n) is 4.77. The highest BCUT2D eigenvalue weighted by atomic mass is 16.8. The molecule has 0 aromatic carbocycles. The standard InChI is InChI=1S/C21H40O9/c1-3-5-7-9-11-13-17(24)29-21(28,20(27)19(26)16(23)15-22)30-18(25)14-12-10-8-6-4-2/h16,19-20,22-23,26-28H,3-15H2,1-2H3/t16-,19-,20+/m1/s1. The van der Waals surface area contributed by atoms with Crippen molar-refractivity contribution in [3.8, 4) is 0 Å². The predicted molar refractivity (Wildman–Crippen MR) is 109 cm³/mol. The zero-order chi connectivity index (χ0) is 23.0. The minimum atomic E-state index is -3.17. The van der Waals surface area contributed by atoms with Crippen molar-refractivity contribution in [3.63, 3.8) is 0 Å². The average molecular weight is 437 g/mol. The van der Waals surface area contributed by atoms with Crippen LogP contribution in [0, 0.1) is 0 Å². The molecule has 0 aliphatic carbocycles. The van der Waals surface area contributed by atoms with Crippen molar-refractivity contribution < 1.29 is 44.6 Å². The summed E-state index contributed by atoms with van der Waals surface area (Å²) in [7, 11) is 0. The van der Waals surface area contributed by atoms with Crippen molar-refractivity contribution >= 4 is 11.9 Å². The van der Waals surface area contributed by atoms with Crippen LogP contribution in [-0.4, -0.2) is 68.4 Å². The molecule has 0 rings (SSSR count). The number of carbonyl (C=O) groups is 2. The lowest BCUT2D eigenvalue weighted by atomic mass is 10.1. The molecule has 0 aliphatic rings. The van der Waals surface area contributed by atoms with Crippen molar-refractivity contribution in [2.24, 2.45) is 0 Å². The van der Waals surface area contributed by atoms with Gasteiger partial charge in [-0.05, 0) is 12.8 Å². The molecule has 0 saturated carbocycles. The number of aliphatic hydroxyl groups excluding tert-OH is 4. The monoisotopic (exact) mass is 436 g/mol. The number of hydrogen-bond donors (Lipinski definition) is 5. The quantitative estimate of drug-likeness (QED) is 0.122. The van der Waals surface area contributed by atoms with Crippen molar-refractivity contribution in [1.82, 2.24) is 0 Å². The summed E-state index contributed by atoms with van der Waals surface area (Å²) in [5.41, 5.74) is 0. The van der Waals surface area contributed by atoms with Gasteiger partial charge in [0.15, 0.2) is 6.10 Å². The van der Waals surface area contributed by atoms with E-state index in [0.29, 0.717) is 12.8 Å². The van der Waals surface area contributed by atoms with Gasteiger partial charge >= 0.3 is 17.9 Å². The van der Waals surface area contributed by atoms with E-state index < -0.39 is 42.8 Å². The van der Waals surface area contributed by atoms with Gasteiger partial charge in [-0.3, -0.25) is 9.59 Å². The lowest BCUT2D eigenvalue weighted by molar-refractivity contribution is -0.374. The summed E-state index contributed by atoms with van der Waals surface area (Å²) in [6.07, 6.45) is 2.03. The highest BCUT2D eigenvalue weighted by Crippen LogP contribution is 2.23. The predicted octanol–water partition coefficient (Wildman–Crippen LogP) is 1.51. The van der Waals surface area contributed by atoms with Gasteiger partial charge in [-0.15, -0.1) is 0 Å². The van der Waals surface area contributed by atoms with Gasteiger partial charge in [0.05, 0.1) is 6.61 Å². The minimum Gasteiger partial charge on any atom is -0.396 e. The molecule has 0 heterocycles. The fourth-order valence-electron chi connectivity index (χ4n) is 2.85. The van der Waals surface area contributed by atoms with Crippen LogP contribution >= 0.6 is 0 Å².